The number of carbonyl (C=O) groups is 1. The van der Waals surface area contributed by atoms with Crippen LogP contribution < -0.4 is 14.2 Å². The summed E-state index contributed by atoms with van der Waals surface area (Å²) in [4.78, 5) is 18.8. The standard InChI is InChI=1S/C21H31N3O5/c1-3-27-21(25)24-9-7-23(8-10-24)17-5-4-6-22(14-17)13-16-11-18(26-2)20-19(12-16)28-15-29-20/h11-12,17H,3-10,13-15H2,1-2H3. The van der Waals surface area contributed by atoms with Gasteiger partial charge in [-0.1, -0.05) is 0 Å². The molecule has 0 radical (unpaired) electrons. The molecule has 0 aliphatic carbocycles. The van der Waals surface area contributed by atoms with Crippen LogP contribution in [0.3, 0.4) is 0 Å². The van der Waals surface area contributed by atoms with Crippen LogP contribution in [0.1, 0.15) is 25.3 Å². The quantitative estimate of drug-likeness (QED) is 0.744. The van der Waals surface area contributed by atoms with Crippen LogP contribution in [0.25, 0.3) is 0 Å². The maximum absolute atomic E-state index is 11.9. The highest BCUT2D eigenvalue weighted by Crippen LogP contribution is 2.42. The monoisotopic (exact) mass is 405 g/mol. The van der Waals surface area contributed by atoms with E-state index >= 15 is 0 Å². The molecule has 0 bridgehead atoms. The molecule has 1 aromatic rings. The lowest BCUT2D eigenvalue weighted by molar-refractivity contribution is 0.0412. The maximum Gasteiger partial charge on any atom is 0.409 e. The summed E-state index contributed by atoms with van der Waals surface area (Å²) in [5.74, 6) is 2.20. The summed E-state index contributed by atoms with van der Waals surface area (Å²) in [5.41, 5.74) is 1.18. The Hall–Kier alpha value is -2.19. The van der Waals surface area contributed by atoms with Gasteiger partial charge >= 0.3 is 6.09 Å². The van der Waals surface area contributed by atoms with Crippen LogP contribution in [0.5, 0.6) is 17.2 Å². The van der Waals surface area contributed by atoms with Gasteiger partial charge in [-0.25, -0.2) is 4.79 Å². The van der Waals surface area contributed by atoms with Crippen molar-refractivity contribution in [3.05, 3.63) is 17.7 Å². The van der Waals surface area contributed by atoms with Crippen molar-refractivity contribution in [1.82, 2.24) is 14.7 Å². The van der Waals surface area contributed by atoms with E-state index < -0.39 is 0 Å². The highest BCUT2D eigenvalue weighted by molar-refractivity contribution is 5.67. The van der Waals surface area contributed by atoms with Crippen LogP contribution in [0, 0.1) is 0 Å². The first-order chi connectivity index (χ1) is 14.2. The van der Waals surface area contributed by atoms with Crippen LogP contribution in [-0.2, 0) is 11.3 Å². The van der Waals surface area contributed by atoms with Crippen LogP contribution in [0.2, 0.25) is 0 Å². The molecule has 1 atom stereocenters. The molecule has 0 N–H and O–H groups in total. The molecule has 4 rings (SSSR count). The smallest absolute Gasteiger partial charge is 0.409 e. The summed E-state index contributed by atoms with van der Waals surface area (Å²) in [5, 5.41) is 0. The van der Waals surface area contributed by atoms with Gasteiger partial charge in [-0.2, -0.15) is 0 Å². The second-order valence-electron chi connectivity index (χ2n) is 7.78. The molecule has 8 nitrogen and oxygen atoms in total. The van der Waals surface area contributed by atoms with Crippen molar-refractivity contribution in [1.29, 1.82) is 0 Å². The van der Waals surface area contributed by atoms with E-state index in [0.717, 1.165) is 57.3 Å². The van der Waals surface area contributed by atoms with Crippen molar-refractivity contribution >= 4 is 6.09 Å². The minimum absolute atomic E-state index is 0.186. The number of amides is 1. The Balaban J connectivity index is 1.33. The molecular weight excluding hydrogens is 374 g/mol. The number of ether oxygens (including phenoxy) is 4. The van der Waals surface area contributed by atoms with Gasteiger partial charge in [0.15, 0.2) is 11.5 Å². The number of piperidine rings is 1. The average molecular weight is 405 g/mol. The third kappa shape index (κ3) is 4.53. The third-order valence-electron chi connectivity index (χ3n) is 5.96. The molecule has 0 saturated carbocycles. The Bertz CT molecular complexity index is 721. The lowest BCUT2D eigenvalue weighted by atomic mass is 10.0. The second-order valence-corrected chi connectivity index (χ2v) is 7.78. The first-order valence-electron chi connectivity index (χ1n) is 10.5. The van der Waals surface area contributed by atoms with Crippen molar-refractivity contribution in [2.45, 2.75) is 32.4 Å². The molecule has 1 amide bonds. The molecule has 1 unspecified atom stereocenters. The van der Waals surface area contributed by atoms with Gasteiger partial charge in [0, 0.05) is 45.3 Å². The number of methoxy groups -OCH3 is 1. The Morgan fingerprint density at radius 1 is 1.17 bits per heavy atom. The lowest BCUT2D eigenvalue weighted by Crippen LogP contribution is -2.55. The van der Waals surface area contributed by atoms with E-state index in [2.05, 4.69) is 21.9 Å². The Kier molecular flexibility index (Phi) is 6.30. The molecule has 1 aromatic carbocycles. The number of piperazine rings is 1. The summed E-state index contributed by atoms with van der Waals surface area (Å²) in [6.07, 6.45) is 2.21. The summed E-state index contributed by atoms with van der Waals surface area (Å²) in [7, 11) is 1.66. The zero-order valence-electron chi connectivity index (χ0n) is 17.4. The highest BCUT2D eigenvalue weighted by Gasteiger charge is 2.30. The number of likely N-dealkylation sites (tertiary alicyclic amines) is 1. The molecule has 3 aliphatic rings. The number of carbonyl (C=O) groups excluding carboxylic acids is 1. The zero-order chi connectivity index (χ0) is 20.2. The fourth-order valence-corrected chi connectivity index (χ4v) is 4.49. The van der Waals surface area contributed by atoms with Crippen molar-refractivity contribution in [2.24, 2.45) is 0 Å². The number of nitrogens with zero attached hydrogens (tertiary/aromatic N) is 3. The molecule has 3 heterocycles. The van der Waals surface area contributed by atoms with Gasteiger partial charge in [0.1, 0.15) is 0 Å². The van der Waals surface area contributed by atoms with E-state index in [9.17, 15) is 4.79 Å². The van der Waals surface area contributed by atoms with Crippen molar-refractivity contribution in [3.8, 4) is 17.2 Å². The highest BCUT2D eigenvalue weighted by atomic mass is 16.7. The van der Waals surface area contributed by atoms with E-state index in [4.69, 9.17) is 18.9 Å². The van der Waals surface area contributed by atoms with Gasteiger partial charge < -0.3 is 23.8 Å². The Morgan fingerprint density at radius 3 is 2.76 bits per heavy atom. The van der Waals surface area contributed by atoms with E-state index in [1.54, 1.807) is 7.11 Å². The molecule has 29 heavy (non-hydrogen) atoms. The summed E-state index contributed by atoms with van der Waals surface area (Å²) in [6, 6.07) is 4.64. The van der Waals surface area contributed by atoms with Gasteiger partial charge in [0.25, 0.3) is 0 Å². The third-order valence-corrected chi connectivity index (χ3v) is 5.96. The van der Waals surface area contributed by atoms with Crippen molar-refractivity contribution < 1.29 is 23.7 Å². The molecule has 3 aliphatic heterocycles. The van der Waals surface area contributed by atoms with Crippen LogP contribution in [-0.4, -0.2) is 86.6 Å². The average Bonchev–Trinajstić information content (AvgIpc) is 3.22. The number of benzene rings is 1. The fraction of sp³-hybridized carbons (Fsp3) is 0.667. The molecule has 8 heteroatoms. The van der Waals surface area contributed by atoms with Crippen LogP contribution >= 0.6 is 0 Å². The minimum Gasteiger partial charge on any atom is -0.493 e. The minimum atomic E-state index is -0.186. The number of fused-ring (bicyclic) bond motifs is 1. The number of hydrogen-bond donors (Lipinski definition) is 0. The van der Waals surface area contributed by atoms with Crippen LogP contribution in [0.15, 0.2) is 12.1 Å². The Morgan fingerprint density at radius 2 is 2.00 bits per heavy atom. The zero-order valence-corrected chi connectivity index (χ0v) is 17.4. The lowest BCUT2D eigenvalue weighted by Gasteiger charge is -2.43. The number of rotatable bonds is 5. The largest absolute Gasteiger partial charge is 0.493 e. The second kappa shape index (κ2) is 9.09. The molecule has 2 fully saturated rings. The van der Waals surface area contributed by atoms with E-state index in [-0.39, 0.29) is 12.9 Å². The summed E-state index contributed by atoms with van der Waals surface area (Å²) in [6.45, 7) is 8.84. The van der Waals surface area contributed by atoms with E-state index in [0.29, 0.717) is 18.4 Å². The van der Waals surface area contributed by atoms with Gasteiger partial charge in [-0.05, 0) is 44.0 Å². The predicted molar refractivity (Wildman–Crippen MR) is 108 cm³/mol. The maximum atomic E-state index is 11.9. The molecule has 160 valence electrons. The molecule has 0 spiro atoms. The normalized spacial score (nSPS) is 22.6. The SMILES string of the molecule is CCOC(=O)N1CCN(C2CCCN(Cc3cc(OC)c4c(c3)OCO4)C2)CC1. The summed E-state index contributed by atoms with van der Waals surface area (Å²) < 4.78 is 21.7. The fourth-order valence-electron chi connectivity index (χ4n) is 4.49. The van der Waals surface area contributed by atoms with Crippen molar-refractivity contribution in [2.75, 3.05) is 59.8 Å². The summed E-state index contributed by atoms with van der Waals surface area (Å²) >= 11 is 0. The van der Waals surface area contributed by atoms with Gasteiger partial charge in [0.05, 0.1) is 13.7 Å². The molecule has 0 aromatic heterocycles. The molecule has 2 saturated heterocycles. The topological polar surface area (TPSA) is 63.7 Å². The molecular formula is C21H31N3O5. The van der Waals surface area contributed by atoms with E-state index in [1.165, 1.54) is 18.4 Å². The van der Waals surface area contributed by atoms with Gasteiger partial charge in [0.2, 0.25) is 12.5 Å². The first kappa shape index (κ1) is 20.1. The van der Waals surface area contributed by atoms with E-state index in [1.807, 2.05) is 11.8 Å². The first-order valence-corrected chi connectivity index (χ1v) is 10.5. The van der Waals surface area contributed by atoms with Crippen LogP contribution in [0.4, 0.5) is 4.79 Å². The van der Waals surface area contributed by atoms with Gasteiger partial charge in [-0.15, -0.1) is 0 Å². The van der Waals surface area contributed by atoms with Gasteiger partial charge in [-0.3, -0.25) is 9.80 Å². The number of hydrogen-bond acceptors (Lipinski definition) is 7. The Labute approximate surface area is 172 Å². The van der Waals surface area contributed by atoms with Crippen molar-refractivity contribution in [3.63, 3.8) is 0 Å². The predicted octanol–water partition coefficient (Wildman–Crippen LogP) is 2.16.